The standard InChI is InChI=1S/C23H30N2O/c1-18(2)24-22(26)17-25-15-13-21(14-16-25)23(19-9-5-3-6-10-19)20-11-7-4-8-12-20/h3-12,18,21,23H,13-17H2,1-2H3,(H,24,26). The number of amides is 1. The molecule has 3 heteroatoms. The number of hydrogen-bond donors (Lipinski definition) is 1. The molecule has 1 aliphatic rings. The molecule has 0 radical (unpaired) electrons. The summed E-state index contributed by atoms with van der Waals surface area (Å²) in [5.74, 6) is 1.19. The van der Waals surface area contributed by atoms with Crippen molar-refractivity contribution >= 4 is 5.91 Å². The van der Waals surface area contributed by atoms with E-state index in [0.29, 0.717) is 18.4 Å². The van der Waals surface area contributed by atoms with Crippen molar-refractivity contribution in [1.82, 2.24) is 10.2 Å². The molecule has 138 valence electrons. The molecule has 0 aromatic heterocycles. The van der Waals surface area contributed by atoms with Gasteiger partial charge in [-0.15, -0.1) is 0 Å². The van der Waals surface area contributed by atoms with Crippen LogP contribution in [0.4, 0.5) is 0 Å². The molecule has 0 aliphatic carbocycles. The van der Waals surface area contributed by atoms with Gasteiger partial charge >= 0.3 is 0 Å². The van der Waals surface area contributed by atoms with Crippen LogP contribution in [-0.4, -0.2) is 36.5 Å². The minimum Gasteiger partial charge on any atom is -0.353 e. The largest absolute Gasteiger partial charge is 0.353 e. The Morgan fingerprint density at radius 3 is 1.92 bits per heavy atom. The van der Waals surface area contributed by atoms with Crippen LogP contribution < -0.4 is 5.32 Å². The lowest BCUT2D eigenvalue weighted by atomic mass is 9.76. The van der Waals surface area contributed by atoms with Gasteiger partial charge in [-0.1, -0.05) is 60.7 Å². The smallest absolute Gasteiger partial charge is 0.234 e. The molecule has 26 heavy (non-hydrogen) atoms. The van der Waals surface area contributed by atoms with E-state index in [-0.39, 0.29) is 11.9 Å². The quantitative estimate of drug-likeness (QED) is 0.852. The van der Waals surface area contributed by atoms with E-state index in [9.17, 15) is 4.79 Å². The van der Waals surface area contributed by atoms with Gasteiger partial charge in [0.15, 0.2) is 0 Å². The van der Waals surface area contributed by atoms with Gasteiger partial charge in [-0.05, 0) is 56.8 Å². The van der Waals surface area contributed by atoms with Crippen molar-refractivity contribution in [3.63, 3.8) is 0 Å². The number of carbonyl (C=O) groups is 1. The van der Waals surface area contributed by atoms with Gasteiger partial charge in [0.25, 0.3) is 0 Å². The Morgan fingerprint density at radius 2 is 1.46 bits per heavy atom. The first-order valence-corrected chi connectivity index (χ1v) is 9.75. The Hall–Kier alpha value is -2.13. The molecule has 0 saturated carbocycles. The van der Waals surface area contributed by atoms with Crippen LogP contribution in [0.25, 0.3) is 0 Å². The van der Waals surface area contributed by atoms with Gasteiger partial charge in [0.1, 0.15) is 0 Å². The van der Waals surface area contributed by atoms with Gasteiger partial charge in [0.2, 0.25) is 5.91 Å². The van der Waals surface area contributed by atoms with Gasteiger partial charge in [-0.3, -0.25) is 9.69 Å². The zero-order valence-corrected chi connectivity index (χ0v) is 15.9. The molecule has 2 aromatic carbocycles. The lowest BCUT2D eigenvalue weighted by Gasteiger charge is -2.36. The number of hydrogen-bond acceptors (Lipinski definition) is 2. The van der Waals surface area contributed by atoms with Crippen molar-refractivity contribution in [3.05, 3.63) is 71.8 Å². The predicted octanol–water partition coefficient (Wildman–Crippen LogP) is 4.06. The Bertz CT molecular complexity index is 636. The average Bonchev–Trinajstić information content (AvgIpc) is 2.64. The first-order chi connectivity index (χ1) is 12.6. The van der Waals surface area contributed by atoms with Crippen LogP contribution in [0.3, 0.4) is 0 Å². The fraction of sp³-hybridized carbons (Fsp3) is 0.435. The van der Waals surface area contributed by atoms with E-state index < -0.39 is 0 Å². The second kappa shape index (κ2) is 9.00. The molecular formula is C23H30N2O. The Labute approximate surface area is 157 Å². The van der Waals surface area contributed by atoms with Crippen molar-refractivity contribution < 1.29 is 4.79 Å². The molecule has 0 unspecified atom stereocenters. The number of likely N-dealkylation sites (tertiary alicyclic amines) is 1. The van der Waals surface area contributed by atoms with Crippen LogP contribution in [0.1, 0.15) is 43.7 Å². The molecule has 1 N–H and O–H groups in total. The molecular weight excluding hydrogens is 320 g/mol. The summed E-state index contributed by atoms with van der Waals surface area (Å²) < 4.78 is 0. The number of nitrogens with one attached hydrogen (secondary N) is 1. The SMILES string of the molecule is CC(C)NC(=O)CN1CCC(C(c2ccccc2)c2ccccc2)CC1. The Morgan fingerprint density at radius 1 is 0.962 bits per heavy atom. The third-order valence-electron chi connectivity index (χ3n) is 5.24. The summed E-state index contributed by atoms with van der Waals surface area (Å²) in [6.07, 6.45) is 2.26. The molecule has 1 saturated heterocycles. The fourth-order valence-corrected chi connectivity index (χ4v) is 4.07. The summed E-state index contributed by atoms with van der Waals surface area (Å²) in [6.45, 7) is 6.52. The van der Waals surface area contributed by atoms with Gasteiger partial charge in [0.05, 0.1) is 6.54 Å². The van der Waals surface area contributed by atoms with E-state index in [2.05, 4.69) is 70.9 Å². The molecule has 1 heterocycles. The first-order valence-electron chi connectivity index (χ1n) is 9.75. The maximum atomic E-state index is 12.0. The van der Waals surface area contributed by atoms with Gasteiger partial charge in [-0.2, -0.15) is 0 Å². The highest BCUT2D eigenvalue weighted by Gasteiger charge is 2.29. The first kappa shape index (κ1) is 18.7. The zero-order chi connectivity index (χ0) is 18.4. The van der Waals surface area contributed by atoms with E-state index >= 15 is 0 Å². The van der Waals surface area contributed by atoms with E-state index in [1.807, 2.05) is 13.8 Å². The Balaban J connectivity index is 1.67. The van der Waals surface area contributed by atoms with Crippen molar-refractivity contribution in [2.75, 3.05) is 19.6 Å². The molecule has 3 nitrogen and oxygen atoms in total. The minimum absolute atomic E-state index is 0.140. The van der Waals surface area contributed by atoms with E-state index in [4.69, 9.17) is 0 Å². The summed E-state index contributed by atoms with van der Waals surface area (Å²) in [7, 11) is 0. The second-order valence-corrected chi connectivity index (χ2v) is 7.63. The molecule has 1 fully saturated rings. The maximum absolute atomic E-state index is 12.0. The summed E-state index contributed by atoms with van der Waals surface area (Å²) in [4.78, 5) is 14.3. The lowest BCUT2D eigenvalue weighted by Crippen LogP contribution is -2.43. The van der Waals surface area contributed by atoms with Gasteiger partial charge in [0, 0.05) is 12.0 Å². The van der Waals surface area contributed by atoms with Crippen LogP contribution in [-0.2, 0) is 4.79 Å². The number of benzene rings is 2. The van der Waals surface area contributed by atoms with E-state index in [1.54, 1.807) is 0 Å². The van der Waals surface area contributed by atoms with Crippen LogP contribution in [0.2, 0.25) is 0 Å². The third kappa shape index (κ3) is 4.95. The number of carbonyl (C=O) groups excluding carboxylic acids is 1. The second-order valence-electron chi connectivity index (χ2n) is 7.63. The minimum atomic E-state index is 0.140. The maximum Gasteiger partial charge on any atom is 0.234 e. The van der Waals surface area contributed by atoms with Crippen molar-refractivity contribution in [3.8, 4) is 0 Å². The summed E-state index contributed by atoms with van der Waals surface area (Å²) in [5, 5.41) is 3.00. The fourth-order valence-electron chi connectivity index (χ4n) is 4.07. The van der Waals surface area contributed by atoms with Crippen LogP contribution >= 0.6 is 0 Å². The predicted molar refractivity (Wildman–Crippen MR) is 107 cm³/mol. The highest BCUT2D eigenvalue weighted by molar-refractivity contribution is 5.78. The van der Waals surface area contributed by atoms with Crippen LogP contribution in [0, 0.1) is 5.92 Å². The molecule has 0 spiro atoms. The van der Waals surface area contributed by atoms with Crippen molar-refractivity contribution in [2.24, 2.45) is 5.92 Å². The van der Waals surface area contributed by atoms with Crippen LogP contribution in [0.5, 0.6) is 0 Å². The molecule has 2 aromatic rings. The number of rotatable bonds is 6. The molecule has 1 amide bonds. The summed E-state index contributed by atoms with van der Waals surface area (Å²) >= 11 is 0. The molecule has 0 bridgehead atoms. The van der Waals surface area contributed by atoms with Crippen LogP contribution in [0.15, 0.2) is 60.7 Å². The highest BCUT2D eigenvalue weighted by atomic mass is 16.2. The normalized spacial score (nSPS) is 16.2. The van der Waals surface area contributed by atoms with E-state index in [1.165, 1.54) is 11.1 Å². The summed E-state index contributed by atoms with van der Waals surface area (Å²) in [5.41, 5.74) is 2.80. The monoisotopic (exact) mass is 350 g/mol. The van der Waals surface area contributed by atoms with Crippen molar-refractivity contribution in [1.29, 1.82) is 0 Å². The summed E-state index contributed by atoms with van der Waals surface area (Å²) in [6, 6.07) is 21.9. The van der Waals surface area contributed by atoms with E-state index in [0.717, 1.165) is 25.9 Å². The number of nitrogens with zero attached hydrogens (tertiary/aromatic N) is 1. The molecule has 1 aliphatic heterocycles. The lowest BCUT2D eigenvalue weighted by molar-refractivity contribution is -0.123. The van der Waals surface area contributed by atoms with Gasteiger partial charge in [-0.25, -0.2) is 0 Å². The van der Waals surface area contributed by atoms with Crippen molar-refractivity contribution in [2.45, 2.75) is 38.6 Å². The molecule has 3 rings (SSSR count). The third-order valence-corrected chi connectivity index (χ3v) is 5.24. The zero-order valence-electron chi connectivity index (χ0n) is 15.9. The number of piperidine rings is 1. The molecule has 0 atom stereocenters. The topological polar surface area (TPSA) is 32.3 Å². The Kier molecular flexibility index (Phi) is 6.45. The average molecular weight is 351 g/mol. The van der Waals surface area contributed by atoms with Gasteiger partial charge < -0.3 is 5.32 Å². The highest BCUT2D eigenvalue weighted by Crippen LogP contribution is 2.37.